The van der Waals surface area contributed by atoms with Gasteiger partial charge in [-0.2, -0.15) is 0 Å². The molecule has 3 unspecified atom stereocenters. The Hall–Kier alpha value is -1.42. The van der Waals surface area contributed by atoms with Crippen LogP contribution in [0.15, 0.2) is 0 Å². The van der Waals surface area contributed by atoms with Crippen molar-refractivity contribution in [3.63, 3.8) is 0 Å². The minimum absolute atomic E-state index is 0.00479. The fraction of sp³-hybridized carbons (Fsp3) is 0.900. The summed E-state index contributed by atoms with van der Waals surface area (Å²) < 4.78 is 5.87. The maximum atomic E-state index is 12.4. The van der Waals surface area contributed by atoms with Gasteiger partial charge in [-0.3, -0.25) is 15.4 Å². The first-order valence-electron chi connectivity index (χ1n) is 11.0. The summed E-state index contributed by atoms with van der Waals surface area (Å²) in [6.07, 6.45) is 6.05. The molecule has 0 aromatic heterocycles. The minimum atomic E-state index is -0.285. The molecule has 0 bridgehead atoms. The van der Waals surface area contributed by atoms with Crippen LogP contribution in [-0.4, -0.2) is 61.8 Å². The highest BCUT2D eigenvalue weighted by molar-refractivity contribution is 5.74. The molecule has 2 aliphatic rings. The second-order valence-corrected chi connectivity index (χ2v) is 8.52. The van der Waals surface area contributed by atoms with Crippen molar-refractivity contribution in [3.05, 3.63) is 0 Å². The average molecular weight is 413 g/mol. The van der Waals surface area contributed by atoms with E-state index >= 15 is 0 Å². The van der Waals surface area contributed by atoms with E-state index < -0.39 is 0 Å². The summed E-state index contributed by atoms with van der Waals surface area (Å²) in [7, 11) is 0. The number of hydrogen-bond acceptors (Lipinski definition) is 6. The highest BCUT2D eigenvalue weighted by Crippen LogP contribution is 2.22. The summed E-state index contributed by atoms with van der Waals surface area (Å²) >= 11 is 0. The second-order valence-electron chi connectivity index (χ2n) is 8.52. The predicted octanol–water partition coefficient (Wildman–Crippen LogP) is 0.719. The molecule has 1 saturated heterocycles. The van der Waals surface area contributed by atoms with E-state index in [4.69, 9.17) is 4.74 Å². The van der Waals surface area contributed by atoms with Crippen molar-refractivity contribution < 1.29 is 14.3 Å². The van der Waals surface area contributed by atoms with Crippen molar-refractivity contribution in [2.45, 2.75) is 103 Å². The van der Waals surface area contributed by atoms with Crippen molar-refractivity contribution in [2.75, 3.05) is 13.1 Å². The van der Waals surface area contributed by atoms with Gasteiger partial charge in [0.1, 0.15) is 6.29 Å². The molecule has 0 aromatic rings. The molecular formula is C20H40N6O3. The van der Waals surface area contributed by atoms with Crippen molar-refractivity contribution >= 4 is 11.9 Å². The molecule has 0 radical (unpaired) electrons. The predicted molar refractivity (Wildman–Crippen MR) is 113 cm³/mol. The quantitative estimate of drug-likeness (QED) is 0.311. The Morgan fingerprint density at radius 3 is 2.45 bits per heavy atom. The fourth-order valence-electron chi connectivity index (χ4n) is 3.96. The van der Waals surface area contributed by atoms with Crippen LogP contribution in [0.3, 0.4) is 0 Å². The molecule has 1 aliphatic carbocycles. The first-order valence-corrected chi connectivity index (χ1v) is 11.0. The van der Waals surface area contributed by atoms with Crippen molar-refractivity contribution in [2.24, 2.45) is 0 Å². The van der Waals surface area contributed by atoms with Gasteiger partial charge in [-0.05, 0) is 65.8 Å². The summed E-state index contributed by atoms with van der Waals surface area (Å²) in [5, 5.41) is 19.1. The lowest BCUT2D eigenvalue weighted by atomic mass is 9.93. The lowest BCUT2D eigenvalue weighted by Gasteiger charge is -2.37. The summed E-state index contributed by atoms with van der Waals surface area (Å²) in [6, 6.07) is 0.325. The molecule has 3 amide bonds. The van der Waals surface area contributed by atoms with Gasteiger partial charge >= 0.3 is 6.03 Å². The monoisotopic (exact) mass is 412 g/mol. The molecule has 0 spiro atoms. The summed E-state index contributed by atoms with van der Waals surface area (Å²) in [5.74, 6) is -0.00479. The van der Waals surface area contributed by atoms with Gasteiger partial charge in [0.15, 0.2) is 0 Å². The van der Waals surface area contributed by atoms with Crippen LogP contribution in [0.1, 0.15) is 66.2 Å². The van der Waals surface area contributed by atoms with Crippen LogP contribution >= 0.6 is 0 Å². The number of rotatable bonds is 9. The third-order valence-electron chi connectivity index (χ3n) is 5.28. The number of hydrogen-bond donors (Lipinski definition) is 6. The van der Waals surface area contributed by atoms with Gasteiger partial charge in [-0.25, -0.2) is 4.79 Å². The summed E-state index contributed by atoms with van der Waals surface area (Å²) in [6.45, 7) is 9.22. The maximum Gasteiger partial charge on any atom is 0.317 e. The fourth-order valence-corrected chi connectivity index (χ4v) is 3.96. The van der Waals surface area contributed by atoms with E-state index in [-0.39, 0.29) is 42.6 Å². The van der Waals surface area contributed by atoms with E-state index in [0.717, 1.165) is 45.1 Å². The van der Waals surface area contributed by atoms with Gasteiger partial charge in [0.05, 0.1) is 18.4 Å². The van der Waals surface area contributed by atoms with Crippen LogP contribution in [0, 0.1) is 0 Å². The lowest BCUT2D eigenvalue weighted by Crippen LogP contribution is -2.68. The average Bonchev–Trinajstić information content (AvgIpc) is 2.62. The Kier molecular flexibility index (Phi) is 10.1. The largest absolute Gasteiger partial charge is 0.376 e. The van der Waals surface area contributed by atoms with E-state index in [1.54, 1.807) is 0 Å². The molecule has 6 N–H and O–H groups in total. The van der Waals surface area contributed by atoms with Crippen LogP contribution in [0.25, 0.3) is 0 Å². The van der Waals surface area contributed by atoms with E-state index in [1.165, 1.54) is 6.92 Å². The van der Waals surface area contributed by atoms with Crippen LogP contribution in [-0.2, 0) is 9.53 Å². The molecule has 1 aliphatic heterocycles. The first-order chi connectivity index (χ1) is 13.8. The SMILES string of the molecule is CC(=O)NCCCNC1CC(C)NC(NC(=O)NC2CCC(OC(C)C)CC2)N1. The molecule has 168 valence electrons. The minimum Gasteiger partial charge on any atom is -0.376 e. The van der Waals surface area contributed by atoms with Crippen molar-refractivity contribution in [3.8, 4) is 0 Å². The number of carbonyl (C=O) groups is 2. The summed E-state index contributed by atoms with van der Waals surface area (Å²) in [5.41, 5.74) is 0. The molecule has 2 fully saturated rings. The molecule has 2 rings (SSSR count). The normalized spacial score (nSPS) is 30.0. The second kappa shape index (κ2) is 12.3. The van der Waals surface area contributed by atoms with Gasteiger partial charge in [0.25, 0.3) is 0 Å². The highest BCUT2D eigenvalue weighted by atomic mass is 16.5. The molecule has 29 heavy (non-hydrogen) atoms. The molecule has 1 heterocycles. The highest BCUT2D eigenvalue weighted by Gasteiger charge is 2.27. The van der Waals surface area contributed by atoms with Gasteiger partial charge in [-0.1, -0.05) is 0 Å². The van der Waals surface area contributed by atoms with Crippen LogP contribution in [0.4, 0.5) is 4.79 Å². The number of amides is 3. The molecule has 0 aromatic carbocycles. The Morgan fingerprint density at radius 2 is 1.79 bits per heavy atom. The van der Waals surface area contributed by atoms with E-state index in [0.29, 0.717) is 12.6 Å². The smallest absolute Gasteiger partial charge is 0.317 e. The lowest BCUT2D eigenvalue weighted by molar-refractivity contribution is -0.118. The van der Waals surface area contributed by atoms with Gasteiger partial charge in [-0.15, -0.1) is 0 Å². The van der Waals surface area contributed by atoms with Crippen LogP contribution < -0.4 is 31.9 Å². The maximum absolute atomic E-state index is 12.4. The third-order valence-corrected chi connectivity index (χ3v) is 5.28. The van der Waals surface area contributed by atoms with E-state index in [2.05, 4.69) is 52.7 Å². The zero-order valence-electron chi connectivity index (χ0n) is 18.3. The van der Waals surface area contributed by atoms with Crippen molar-refractivity contribution in [1.29, 1.82) is 0 Å². The van der Waals surface area contributed by atoms with Gasteiger partial charge in [0.2, 0.25) is 5.91 Å². The van der Waals surface area contributed by atoms with Gasteiger partial charge < -0.3 is 26.0 Å². The third kappa shape index (κ3) is 9.75. The van der Waals surface area contributed by atoms with E-state index in [1.807, 2.05) is 0 Å². The number of nitrogens with one attached hydrogen (secondary N) is 6. The Balaban J connectivity index is 1.65. The molecule has 9 heteroatoms. The standard InChI is InChI=1S/C20H40N6O3/c1-13(2)29-17-8-6-16(7-9-17)24-20(28)26-19-23-14(3)12-18(25-19)22-11-5-10-21-15(4)27/h13-14,16-19,22-23,25H,5-12H2,1-4H3,(H,21,27)(H2,24,26,28). The molecule has 9 nitrogen and oxygen atoms in total. The zero-order chi connectivity index (χ0) is 21.2. The topological polar surface area (TPSA) is 116 Å². The van der Waals surface area contributed by atoms with Crippen LogP contribution in [0.2, 0.25) is 0 Å². The Bertz CT molecular complexity index is 510. The molecule has 1 saturated carbocycles. The van der Waals surface area contributed by atoms with Crippen molar-refractivity contribution in [1.82, 2.24) is 31.9 Å². The van der Waals surface area contributed by atoms with E-state index in [9.17, 15) is 9.59 Å². The first kappa shape index (κ1) is 23.9. The summed E-state index contributed by atoms with van der Waals surface area (Å²) in [4.78, 5) is 23.3. The molecular weight excluding hydrogens is 372 g/mol. The Morgan fingerprint density at radius 1 is 1.07 bits per heavy atom. The molecule has 3 atom stereocenters. The van der Waals surface area contributed by atoms with Gasteiger partial charge in [0, 0.05) is 25.6 Å². The Labute approximate surface area is 174 Å². The zero-order valence-corrected chi connectivity index (χ0v) is 18.3. The van der Waals surface area contributed by atoms with Crippen LogP contribution in [0.5, 0.6) is 0 Å². The number of ether oxygens (including phenoxy) is 1. The number of urea groups is 1. The number of carbonyl (C=O) groups excluding carboxylic acids is 2.